The van der Waals surface area contributed by atoms with Gasteiger partial charge in [0, 0.05) is 17.6 Å². The number of thiol groups is 1. The molecule has 0 fully saturated rings. The summed E-state index contributed by atoms with van der Waals surface area (Å²) in [5.41, 5.74) is 1.12. The molecule has 1 aromatic carbocycles. The summed E-state index contributed by atoms with van der Waals surface area (Å²) < 4.78 is 5.24. The van der Waals surface area contributed by atoms with Crippen LogP contribution >= 0.6 is 12.6 Å². The SMILES string of the molecule is CC.CCOc1nccc(NCc2ccccc2S)n1.O.O. The highest BCUT2D eigenvalue weighted by atomic mass is 32.1. The highest BCUT2D eigenvalue weighted by Crippen LogP contribution is 2.15. The quantitative estimate of drug-likeness (QED) is 0.820. The van der Waals surface area contributed by atoms with Crippen LogP contribution in [0, 0.1) is 0 Å². The molecule has 2 rings (SSSR count). The largest absolute Gasteiger partial charge is 0.464 e. The van der Waals surface area contributed by atoms with E-state index in [0.29, 0.717) is 19.2 Å². The fraction of sp³-hybridized carbons (Fsp3) is 0.333. The molecule has 0 bridgehead atoms. The van der Waals surface area contributed by atoms with E-state index in [9.17, 15) is 0 Å². The lowest BCUT2D eigenvalue weighted by molar-refractivity contribution is 0.313. The van der Waals surface area contributed by atoms with Crippen LogP contribution in [0.1, 0.15) is 26.3 Å². The van der Waals surface area contributed by atoms with Gasteiger partial charge in [-0.05, 0) is 24.6 Å². The van der Waals surface area contributed by atoms with Gasteiger partial charge in [-0.3, -0.25) is 0 Å². The van der Waals surface area contributed by atoms with Gasteiger partial charge >= 0.3 is 6.01 Å². The van der Waals surface area contributed by atoms with Gasteiger partial charge in [-0.15, -0.1) is 12.6 Å². The fourth-order valence-electron chi connectivity index (χ4n) is 1.48. The molecule has 0 atom stereocenters. The van der Waals surface area contributed by atoms with E-state index in [1.165, 1.54) is 0 Å². The summed E-state index contributed by atoms with van der Waals surface area (Å²) in [6.45, 7) is 7.13. The smallest absolute Gasteiger partial charge is 0.318 e. The van der Waals surface area contributed by atoms with Gasteiger partial charge in [0.1, 0.15) is 5.82 Å². The van der Waals surface area contributed by atoms with Crippen LogP contribution in [-0.4, -0.2) is 27.5 Å². The Labute approximate surface area is 137 Å². The van der Waals surface area contributed by atoms with E-state index in [4.69, 9.17) is 4.74 Å². The molecule has 22 heavy (non-hydrogen) atoms. The van der Waals surface area contributed by atoms with Gasteiger partial charge in [0.25, 0.3) is 0 Å². The zero-order chi connectivity index (χ0) is 14.8. The van der Waals surface area contributed by atoms with Crippen molar-refractivity contribution in [2.24, 2.45) is 0 Å². The second-order valence-electron chi connectivity index (χ2n) is 3.64. The van der Waals surface area contributed by atoms with Crippen molar-refractivity contribution < 1.29 is 15.7 Å². The minimum absolute atomic E-state index is 0. The Balaban J connectivity index is 0. The Kier molecular flexibility index (Phi) is 13.1. The van der Waals surface area contributed by atoms with E-state index >= 15 is 0 Å². The maximum atomic E-state index is 5.24. The minimum Gasteiger partial charge on any atom is -0.464 e. The molecule has 0 aliphatic carbocycles. The Bertz CT molecular complexity index is 527. The zero-order valence-electron chi connectivity index (χ0n) is 13.1. The van der Waals surface area contributed by atoms with Gasteiger partial charge in [0.15, 0.2) is 0 Å². The van der Waals surface area contributed by atoms with E-state index in [1.807, 2.05) is 51.1 Å². The summed E-state index contributed by atoms with van der Waals surface area (Å²) in [6.07, 6.45) is 1.67. The standard InChI is InChI=1S/C13H15N3OS.C2H6.2H2O/c1-2-17-13-14-8-7-12(16-13)15-9-10-5-3-4-6-11(10)18;1-2;;/h3-8,18H,2,9H2,1H3,(H,14,15,16);1-2H3;2*1H2. The third kappa shape index (κ3) is 7.26. The lowest BCUT2D eigenvalue weighted by Crippen LogP contribution is -2.04. The van der Waals surface area contributed by atoms with E-state index in [2.05, 4.69) is 27.9 Å². The second-order valence-corrected chi connectivity index (χ2v) is 4.12. The van der Waals surface area contributed by atoms with E-state index in [1.54, 1.807) is 6.20 Å². The molecule has 6 nitrogen and oxygen atoms in total. The first kappa shape index (κ1) is 22.5. The molecular weight excluding hydrogens is 302 g/mol. The first-order valence-electron chi connectivity index (χ1n) is 6.76. The number of anilines is 1. The molecule has 0 aliphatic rings. The molecule has 0 unspecified atom stereocenters. The second kappa shape index (κ2) is 12.9. The van der Waals surface area contributed by atoms with Crippen LogP contribution in [0.15, 0.2) is 41.4 Å². The third-order valence-corrected chi connectivity index (χ3v) is 2.79. The van der Waals surface area contributed by atoms with Crippen LogP contribution in [0.4, 0.5) is 5.82 Å². The lowest BCUT2D eigenvalue weighted by Gasteiger charge is -2.08. The fourth-order valence-corrected chi connectivity index (χ4v) is 1.72. The summed E-state index contributed by atoms with van der Waals surface area (Å²) in [5, 5.41) is 3.22. The van der Waals surface area contributed by atoms with Crippen molar-refractivity contribution in [1.29, 1.82) is 0 Å². The molecule has 1 heterocycles. The van der Waals surface area contributed by atoms with Crippen LogP contribution in [0.2, 0.25) is 0 Å². The van der Waals surface area contributed by atoms with Crippen molar-refractivity contribution in [3.63, 3.8) is 0 Å². The van der Waals surface area contributed by atoms with Crippen molar-refractivity contribution in [2.75, 3.05) is 11.9 Å². The number of aromatic nitrogens is 2. The normalized spacial score (nSPS) is 8.55. The molecule has 0 aliphatic heterocycles. The number of benzene rings is 1. The summed E-state index contributed by atoms with van der Waals surface area (Å²) >= 11 is 4.40. The van der Waals surface area contributed by atoms with Gasteiger partial charge < -0.3 is 21.0 Å². The molecule has 2 aromatic rings. The molecule has 7 heteroatoms. The molecule has 1 aromatic heterocycles. The van der Waals surface area contributed by atoms with Gasteiger partial charge in [-0.2, -0.15) is 4.98 Å². The number of rotatable bonds is 5. The molecule has 5 N–H and O–H groups in total. The predicted molar refractivity (Wildman–Crippen MR) is 92.8 cm³/mol. The van der Waals surface area contributed by atoms with E-state index in [0.717, 1.165) is 16.3 Å². The molecule has 0 saturated carbocycles. The van der Waals surface area contributed by atoms with Crippen molar-refractivity contribution >= 4 is 18.4 Å². The Morgan fingerprint density at radius 1 is 1.14 bits per heavy atom. The van der Waals surface area contributed by atoms with Crippen molar-refractivity contribution in [3.05, 3.63) is 42.1 Å². The van der Waals surface area contributed by atoms with Gasteiger partial charge in [0.2, 0.25) is 0 Å². The molecule has 0 amide bonds. The number of hydrogen-bond donors (Lipinski definition) is 2. The molecule has 124 valence electrons. The summed E-state index contributed by atoms with van der Waals surface area (Å²) in [7, 11) is 0. The lowest BCUT2D eigenvalue weighted by atomic mass is 10.2. The highest BCUT2D eigenvalue weighted by molar-refractivity contribution is 7.80. The van der Waals surface area contributed by atoms with Crippen LogP contribution in [0.5, 0.6) is 6.01 Å². The minimum atomic E-state index is 0. The van der Waals surface area contributed by atoms with E-state index in [-0.39, 0.29) is 11.0 Å². The summed E-state index contributed by atoms with van der Waals surface area (Å²) in [5.74, 6) is 0.741. The highest BCUT2D eigenvalue weighted by Gasteiger charge is 2.01. The maximum Gasteiger partial charge on any atom is 0.318 e. The van der Waals surface area contributed by atoms with Crippen LogP contribution < -0.4 is 10.1 Å². The van der Waals surface area contributed by atoms with E-state index < -0.39 is 0 Å². The Hall–Kier alpha value is -1.83. The topological polar surface area (TPSA) is 110 Å². The molecular formula is C15H25N3O3S. The number of nitrogens with zero attached hydrogens (tertiary/aromatic N) is 2. The first-order valence-corrected chi connectivity index (χ1v) is 7.21. The van der Waals surface area contributed by atoms with Gasteiger partial charge in [-0.1, -0.05) is 32.0 Å². The summed E-state index contributed by atoms with van der Waals surface area (Å²) in [6, 6.07) is 10.1. The molecule has 0 radical (unpaired) electrons. The average Bonchev–Trinajstić information content (AvgIpc) is 2.49. The van der Waals surface area contributed by atoms with Gasteiger partial charge in [0.05, 0.1) is 6.61 Å². The maximum absolute atomic E-state index is 5.24. The van der Waals surface area contributed by atoms with Crippen molar-refractivity contribution in [3.8, 4) is 6.01 Å². The van der Waals surface area contributed by atoms with Crippen LogP contribution in [-0.2, 0) is 6.54 Å². The van der Waals surface area contributed by atoms with Crippen LogP contribution in [0.3, 0.4) is 0 Å². The average molecular weight is 327 g/mol. The zero-order valence-corrected chi connectivity index (χ0v) is 14.0. The van der Waals surface area contributed by atoms with Gasteiger partial charge in [-0.25, -0.2) is 4.98 Å². The monoisotopic (exact) mass is 327 g/mol. The summed E-state index contributed by atoms with van der Waals surface area (Å²) in [4.78, 5) is 9.21. The predicted octanol–water partition coefficient (Wildman–Crippen LogP) is 2.15. The Morgan fingerprint density at radius 3 is 2.45 bits per heavy atom. The number of hydrogen-bond acceptors (Lipinski definition) is 5. The Morgan fingerprint density at radius 2 is 1.82 bits per heavy atom. The first-order chi connectivity index (χ1) is 9.79. The molecule has 0 saturated heterocycles. The third-order valence-electron chi connectivity index (χ3n) is 2.36. The number of ether oxygens (including phenoxy) is 1. The molecule has 0 spiro atoms. The van der Waals surface area contributed by atoms with Crippen molar-refractivity contribution in [1.82, 2.24) is 9.97 Å². The number of nitrogens with one attached hydrogen (secondary N) is 1. The van der Waals surface area contributed by atoms with Crippen LogP contribution in [0.25, 0.3) is 0 Å². The van der Waals surface area contributed by atoms with Crippen molar-refractivity contribution in [2.45, 2.75) is 32.2 Å².